The van der Waals surface area contributed by atoms with Gasteiger partial charge >= 0.3 is 5.69 Å². The van der Waals surface area contributed by atoms with E-state index in [2.05, 4.69) is 10.2 Å². The van der Waals surface area contributed by atoms with E-state index < -0.39 is 10.0 Å². The Labute approximate surface area is 112 Å². The SMILES string of the molecule is Cn1c(Sc2cc(N)cc(S(N)(=O)=O)c2)n[nH]c1=O. The fraction of sp³-hybridized carbons (Fsp3) is 0.111. The number of nitrogens with one attached hydrogen (secondary N) is 1. The molecule has 0 aliphatic heterocycles. The lowest BCUT2D eigenvalue weighted by molar-refractivity contribution is 0.597. The van der Waals surface area contributed by atoms with Crippen LogP contribution in [0.4, 0.5) is 5.69 Å². The van der Waals surface area contributed by atoms with Crippen LogP contribution >= 0.6 is 11.8 Å². The van der Waals surface area contributed by atoms with Gasteiger partial charge in [-0.05, 0) is 30.0 Å². The van der Waals surface area contributed by atoms with Crippen LogP contribution in [0.15, 0.2) is 37.9 Å². The van der Waals surface area contributed by atoms with E-state index in [1.165, 1.54) is 16.7 Å². The van der Waals surface area contributed by atoms with Crippen molar-refractivity contribution in [1.82, 2.24) is 14.8 Å². The molecule has 1 aromatic heterocycles. The number of aromatic nitrogens is 3. The van der Waals surface area contributed by atoms with E-state index >= 15 is 0 Å². The Morgan fingerprint density at radius 1 is 1.37 bits per heavy atom. The normalized spacial score (nSPS) is 11.7. The third kappa shape index (κ3) is 2.97. The highest BCUT2D eigenvalue weighted by Crippen LogP contribution is 2.28. The maximum atomic E-state index is 11.3. The Morgan fingerprint density at radius 2 is 2.05 bits per heavy atom. The van der Waals surface area contributed by atoms with Crippen LogP contribution in [0.2, 0.25) is 0 Å². The van der Waals surface area contributed by atoms with Gasteiger partial charge in [-0.2, -0.15) is 0 Å². The van der Waals surface area contributed by atoms with E-state index in [0.29, 0.717) is 10.1 Å². The molecule has 0 bridgehead atoms. The lowest BCUT2D eigenvalue weighted by atomic mass is 10.3. The third-order valence-electron chi connectivity index (χ3n) is 2.28. The van der Waals surface area contributed by atoms with E-state index in [1.54, 1.807) is 13.1 Å². The number of sulfonamides is 1. The Morgan fingerprint density at radius 3 is 2.58 bits per heavy atom. The lowest BCUT2D eigenvalue weighted by Gasteiger charge is -2.05. The van der Waals surface area contributed by atoms with Gasteiger partial charge in [0.05, 0.1) is 4.90 Å². The van der Waals surface area contributed by atoms with Crippen LogP contribution in [0.25, 0.3) is 0 Å². The molecule has 0 aliphatic rings. The van der Waals surface area contributed by atoms with Crippen molar-refractivity contribution in [2.24, 2.45) is 12.2 Å². The number of aromatic amines is 1. The number of benzene rings is 1. The highest BCUT2D eigenvalue weighted by molar-refractivity contribution is 7.99. The molecule has 0 amide bonds. The fourth-order valence-corrected chi connectivity index (χ4v) is 2.92. The predicted octanol–water partition coefficient (Wildman–Crippen LogP) is -0.511. The number of primary sulfonamides is 1. The minimum absolute atomic E-state index is 0.0875. The summed E-state index contributed by atoms with van der Waals surface area (Å²) < 4.78 is 23.9. The highest BCUT2D eigenvalue weighted by atomic mass is 32.2. The van der Waals surface area contributed by atoms with Crippen LogP contribution in [0.1, 0.15) is 0 Å². The van der Waals surface area contributed by atoms with Crippen molar-refractivity contribution in [2.45, 2.75) is 14.9 Å². The quantitative estimate of drug-likeness (QED) is 0.653. The van der Waals surface area contributed by atoms with E-state index in [-0.39, 0.29) is 16.3 Å². The summed E-state index contributed by atoms with van der Waals surface area (Å²) in [4.78, 5) is 11.6. The molecule has 5 N–H and O–H groups in total. The number of nitrogens with zero attached hydrogens (tertiary/aromatic N) is 2. The first-order chi connectivity index (χ1) is 8.77. The molecule has 0 fully saturated rings. The lowest BCUT2D eigenvalue weighted by Crippen LogP contribution is -2.13. The van der Waals surface area contributed by atoms with Crippen molar-refractivity contribution >= 4 is 27.5 Å². The summed E-state index contributed by atoms with van der Waals surface area (Å²) in [6, 6.07) is 4.21. The number of H-pyrrole nitrogens is 1. The average molecular weight is 301 g/mol. The smallest absolute Gasteiger partial charge is 0.343 e. The topological polar surface area (TPSA) is 137 Å². The first kappa shape index (κ1) is 13.6. The Balaban J connectivity index is 2.44. The Bertz CT molecular complexity index is 777. The van der Waals surface area contributed by atoms with E-state index in [9.17, 15) is 13.2 Å². The summed E-state index contributed by atoms with van der Waals surface area (Å²) in [5, 5.41) is 11.5. The van der Waals surface area contributed by atoms with Crippen LogP contribution in [0.5, 0.6) is 0 Å². The molecule has 0 atom stereocenters. The molecule has 2 aromatic rings. The second-order valence-electron chi connectivity index (χ2n) is 3.76. The second-order valence-corrected chi connectivity index (χ2v) is 6.36. The molecule has 0 saturated heterocycles. The van der Waals surface area contributed by atoms with E-state index in [1.807, 2.05) is 0 Å². The summed E-state index contributed by atoms with van der Waals surface area (Å²) in [6.45, 7) is 0. The molecule has 0 spiro atoms. The largest absolute Gasteiger partial charge is 0.399 e. The summed E-state index contributed by atoms with van der Waals surface area (Å²) in [6.07, 6.45) is 0. The van der Waals surface area contributed by atoms with Gasteiger partial charge in [-0.3, -0.25) is 4.57 Å². The molecule has 0 saturated carbocycles. The van der Waals surface area contributed by atoms with Gasteiger partial charge < -0.3 is 5.73 Å². The molecule has 2 rings (SSSR count). The van der Waals surface area contributed by atoms with Crippen LogP contribution in [-0.2, 0) is 17.1 Å². The molecule has 0 radical (unpaired) electrons. The summed E-state index contributed by atoms with van der Waals surface area (Å²) >= 11 is 1.10. The van der Waals surface area contributed by atoms with Crippen molar-refractivity contribution in [3.8, 4) is 0 Å². The third-order valence-corrected chi connectivity index (χ3v) is 4.19. The van der Waals surface area contributed by atoms with Crippen LogP contribution < -0.4 is 16.6 Å². The van der Waals surface area contributed by atoms with Gasteiger partial charge in [-0.1, -0.05) is 0 Å². The number of hydrogen-bond acceptors (Lipinski definition) is 6. The van der Waals surface area contributed by atoms with Crippen molar-refractivity contribution in [3.05, 3.63) is 28.7 Å². The second kappa shape index (κ2) is 4.72. The first-order valence-electron chi connectivity index (χ1n) is 5.00. The summed E-state index contributed by atoms with van der Waals surface area (Å²) in [5.74, 6) is 0. The Kier molecular flexibility index (Phi) is 3.39. The molecule has 1 aromatic carbocycles. The standard InChI is InChI=1S/C9H11N5O3S2/c1-14-8(15)12-13-9(14)18-6-2-5(10)3-7(4-6)19(11,16)17/h2-4H,10H2,1H3,(H,12,15)(H2,11,16,17). The average Bonchev–Trinajstić information content (AvgIpc) is 2.59. The zero-order valence-corrected chi connectivity index (χ0v) is 11.5. The van der Waals surface area contributed by atoms with Gasteiger partial charge in [0, 0.05) is 17.6 Å². The van der Waals surface area contributed by atoms with Gasteiger partial charge in [-0.15, -0.1) is 5.10 Å². The summed E-state index contributed by atoms with van der Waals surface area (Å²) in [7, 11) is -2.29. The minimum Gasteiger partial charge on any atom is -0.399 e. The molecule has 19 heavy (non-hydrogen) atoms. The number of nitrogens with two attached hydrogens (primary N) is 2. The maximum Gasteiger partial charge on any atom is 0.343 e. The zero-order chi connectivity index (χ0) is 14.2. The predicted molar refractivity (Wildman–Crippen MR) is 70.2 cm³/mol. The number of nitrogen functional groups attached to an aromatic ring is 1. The van der Waals surface area contributed by atoms with Crippen molar-refractivity contribution < 1.29 is 8.42 Å². The molecule has 8 nitrogen and oxygen atoms in total. The first-order valence-corrected chi connectivity index (χ1v) is 7.36. The van der Waals surface area contributed by atoms with Crippen molar-refractivity contribution in [2.75, 3.05) is 5.73 Å². The molecule has 1 heterocycles. The van der Waals surface area contributed by atoms with Gasteiger partial charge in [0.25, 0.3) is 0 Å². The number of anilines is 1. The number of rotatable bonds is 3. The summed E-state index contributed by atoms with van der Waals surface area (Å²) in [5.41, 5.74) is 5.52. The minimum atomic E-state index is -3.84. The molecule has 0 aliphatic carbocycles. The van der Waals surface area contributed by atoms with Gasteiger partial charge in [0.1, 0.15) is 0 Å². The van der Waals surface area contributed by atoms with Crippen LogP contribution in [0, 0.1) is 0 Å². The van der Waals surface area contributed by atoms with Gasteiger partial charge in [0.2, 0.25) is 10.0 Å². The van der Waals surface area contributed by atoms with E-state index in [0.717, 1.165) is 11.8 Å². The van der Waals surface area contributed by atoms with E-state index in [4.69, 9.17) is 10.9 Å². The van der Waals surface area contributed by atoms with Crippen LogP contribution in [-0.4, -0.2) is 23.2 Å². The van der Waals surface area contributed by atoms with Crippen molar-refractivity contribution in [3.63, 3.8) is 0 Å². The van der Waals surface area contributed by atoms with Crippen LogP contribution in [0.3, 0.4) is 0 Å². The Hall–Kier alpha value is -1.78. The fourth-order valence-electron chi connectivity index (χ4n) is 1.35. The molecule has 10 heteroatoms. The maximum absolute atomic E-state index is 11.3. The number of hydrogen-bond donors (Lipinski definition) is 3. The van der Waals surface area contributed by atoms with Gasteiger partial charge in [-0.25, -0.2) is 23.4 Å². The zero-order valence-electron chi connectivity index (χ0n) is 9.82. The van der Waals surface area contributed by atoms with Gasteiger partial charge in [0.15, 0.2) is 5.16 Å². The molecule has 0 unspecified atom stereocenters. The monoisotopic (exact) mass is 301 g/mol. The molecular weight excluding hydrogens is 290 g/mol. The molecule has 102 valence electrons. The molecular formula is C9H11N5O3S2. The highest BCUT2D eigenvalue weighted by Gasteiger charge is 2.12. The van der Waals surface area contributed by atoms with Crippen molar-refractivity contribution in [1.29, 1.82) is 0 Å².